The molecular weight excluding hydrogens is 253 g/mol. The van der Waals surface area contributed by atoms with Crippen LogP contribution < -0.4 is 0 Å². The van der Waals surface area contributed by atoms with E-state index in [1.165, 1.54) is 0 Å². The van der Waals surface area contributed by atoms with E-state index in [-0.39, 0.29) is 11.6 Å². The first kappa shape index (κ1) is 12.1. The Morgan fingerprint density at radius 1 is 1.60 bits per heavy atom. The van der Waals surface area contributed by atoms with Crippen LogP contribution in [-0.2, 0) is 5.88 Å². The Morgan fingerprint density at radius 3 is 2.60 bits per heavy atom. The average molecular weight is 257 g/mol. The maximum atomic E-state index is 12.5. The van der Waals surface area contributed by atoms with Crippen molar-refractivity contribution >= 4 is 28.9 Å². The Kier molecular flexibility index (Phi) is 3.76. The first-order chi connectivity index (χ1) is 6.99. The highest BCUT2D eigenvalue weighted by molar-refractivity contribution is 6.33. The summed E-state index contributed by atoms with van der Waals surface area (Å²) < 4.78 is 25.0. The third-order valence-corrected chi connectivity index (χ3v) is 2.32. The van der Waals surface area contributed by atoms with Gasteiger partial charge < -0.3 is 0 Å². The molecule has 4 nitrogen and oxygen atoms in total. The molecule has 0 saturated heterocycles. The summed E-state index contributed by atoms with van der Waals surface area (Å²) in [5.74, 6) is -0.184. The van der Waals surface area contributed by atoms with E-state index in [4.69, 9.17) is 23.2 Å². The molecule has 0 aliphatic heterocycles. The summed E-state index contributed by atoms with van der Waals surface area (Å²) in [5.41, 5.74) is -1.64. The van der Waals surface area contributed by atoms with Crippen LogP contribution in [0.1, 0.15) is 17.7 Å². The second-order valence-corrected chi connectivity index (χ2v) is 3.15. The van der Waals surface area contributed by atoms with Crippen molar-refractivity contribution in [3.8, 4) is 0 Å². The van der Waals surface area contributed by atoms with Gasteiger partial charge in [-0.3, -0.25) is 15.1 Å². The van der Waals surface area contributed by atoms with E-state index < -0.39 is 27.6 Å². The zero-order valence-electron chi connectivity index (χ0n) is 7.08. The van der Waals surface area contributed by atoms with Gasteiger partial charge in [0.15, 0.2) is 0 Å². The molecule has 0 aromatic carbocycles. The van der Waals surface area contributed by atoms with E-state index in [2.05, 4.69) is 4.98 Å². The summed E-state index contributed by atoms with van der Waals surface area (Å²) in [6.07, 6.45) is -2.31. The molecule has 0 radical (unpaired) electrons. The predicted molar refractivity (Wildman–Crippen MR) is 50.4 cm³/mol. The molecule has 0 aliphatic carbocycles. The van der Waals surface area contributed by atoms with Crippen LogP contribution in [0.5, 0.6) is 0 Å². The van der Waals surface area contributed by atoms with Crippen LogP contribution in [0.15, 0.2) is 6.20 Å². The molecule has 15 heavy (non-hydrogen) atoms. The van der Waals surface area contributed by atoms with Crippen molar-refractivity contribution in [2.75, 3.05) is 0 Å². The minimum atomic E-state index is -3.04. The number of aromatic nitrogens is 1. The molecule has 1 heterocycles. The lowest BCUT2D eigenvalue weighted by Gasteiger charge is -2.06. The molecule has 0 aliphatic rings. The zero-order valence-corrected chi connectivity index (χ0v) is 8.60. The Balaban J connectivity index is 3.44. The van der Waals surface area contributed by atoms with Gasteiger partial charge >= 0.3 is 0 Å². The van der Waals surface area contributed by atoms with Crippen LogP contribution in [0.2, 0.25) is 5.02 Å². The molecule has 82 valence electrons. The topological polar surface area (TPSA) is 56.0 Å². The Morgan fingerprint density at radius 2 is 2.20 bits per heavy atom. The summed E-state index contributed by atoms with van der Waals surface area (Å²) in [6.45, 7) is 0. The van der Waals surface area contributed by atoms with Crippen LogP contribution in [-0.4, -0.2) is 9.91 Å². The minimum Gasteiger partial charge on any atom is -0.258 e. The molecule has 0 bridgehead atoms. The monoisotopic (exact) mass is 256 g/mol. The van der Waals surface area contributed by atoms with Crippen molar-refractivity contribution in [3.63, 3.8) is 0 Å². The zero-order chi connectivity index (χ0) is 11.6. The Hall–Kier alpha value is -1.01. The number of halogens is 4. The predicted octanol–water partition coefficient (Wildman–Crippen LogP) is 3.32. The molecule has 0 amide bonds. The molecule has 1 aromatic rings. The van der Waals surface area contributed by atoms with Crippen LogP contribution in [0.25, 0.3) is 0 Å². The van der Waals surface area contributed by atoms with Crippen molar-refractivity contribution in [1.29, 1.82) is 0 Å². The van der Waals surface area contributed by atoms with E-state index in [0.717, 1.165) is 6.20 Å². The lowest BCUT2D eigenvalue weighted by Crippen LogP contribution is -2.01. The van der Waals surface area contributed by atoms with Gasteiger partial charge in [0.25, 0.3) is 12.1 Å². The molecule has 0 unspecified atom stereocenters. The first-order valence-electron chi connectivity index (χ1n) is 3.64. The second kappa shape index (κ2) is 4.67. The minimum absolute atomic E-state index is 0.000710. The van der Waals surface area contributed by atoms with Gasteiger partial charge in [0.2, 0.25) is 0 Å². The van der Waals surface area contributed by atoms with Crippen molar-refractivity contribution in [2.45, 2.75) is 12.3 Å². The van der Waals surface area contributed by atoms with Gasteiger partial charge in [-0.2, -0.15) is 0 Å². The van der Waals surface area contributed by atoms with Gasteiger partial charge in [0.05, 0.1) is 21.5 Å². The summed E-state index contributed by atoms with van der Waals surface area (Å²) in [4.78, 5) is 13.0. The third kappa shape index (κ3) is 2.32. The van der Waals surface area contributed by atoms with Gasteiger partial charge in [-0.25, -0.2) is 8.78 Å². The Labute approximate surface area is 93.0 Å². The van der Waals surface area contributed by atoms with Crippen LogP contribution in [0.4, 0.5) is 14.5 Å². The van der Waals surface area contributed by atoms with Gasteiger partial charge in [-0.15, -0.1) is 11.6 Å². The summed E-state index contributed by atoms with van der Waals surface area (Å²) in [5, 5.41) is 9.97. The summed E-state index contributed by atoms with van der Waals surface area (Å²) >= 11 is 10.9. The fourth-order valence-electron chi connectivity index (χ4n) is 0.979. The molecule has 0 fully saturated rings. The van der Waals surface area contributed by atoms with Crippen molar-refractivity contribution in [3.05, 3.63) is 32.6 Å². The van der Waals surface area contributed by atoms with E-state index >= 15 is 0 Å². The molecule has 1 aromatic heterocycles. The molecule has 0 saturated carbocycles. The third-order valence-electron chi connectivity index (χ3n) is 1.65. The van der Waals surface area contributed by atoms with E-state index in [1.54, 1.807) is 0 Å². The highest BCUT2D eigenvalue weighted by Crippen LogP contribution is 2.36. The van der Waals surface area contributed by atoms with Crippen LogP contribution in [0, 0.1) is 10.1 Å². The molecular formula is C7H4Cl2F2N2O2. The SMILES string of the molecule is O=[N+]([O-])c1cnc(CCl)c(Cl)c1C(F)F. The Bertz CT molecular complexity index is 401. The maximum Gasteiger partial charge on any atom is 0.297 e. The van der Waals surface area contributed by atoms with Gasteiger partial charge in [0, 0.05) is 0 Å². The van der Waals surface area contributed by atoms with Crippen molar-refractivity contribution < 1.29 is 13.7 Å². The van der Waals surface area contributed by atoms with Crippen LogP contribution >= 0.6 is 23.2 Å². The number of nitro groups is 1. The molecule has 1 rings (SSSR count). The van der Waals surface area contributed by atoms with Crippen LogP contribution in [0.3, 0.4) is 0 Å². The normalized spacial score (nSPS) is 10.7. The highest BCUT2D eigenvalue weighted by atomic mass is 35.5. The standard InChI is InChI=1S/C7H4Cl2F2N2O2/c8-1-3-6(9)5(7(10)11)4(2-12-3)13(14)15/h2,7H,1H2. The van der Waals surface area contributed by atoms with E-state index in [1.807, 2.05) is 0 Å². The number of hydrogen-bond acceptors (Lipinski definition) is 3. The first-order valence-corrected chi connectivity index (χ1v) is 4.56. The van der Waals surface area contributed by atoms with E-state index in [9.17, 15) is 18.9 Å². The highest BCUT2D eigenvalue weighted by Gasteiger charge is 2.27. The molecule has 0 N–H and O–H groups in total. The number of pyridine rings is 1. The lowest BCUT2D eigenvalue weighted by atomic mass is 10.2. The quantitative estimate of drug-likeness (QED) is 0.474. The summed E-state index contributed by atoms with van der Waals surface area (Å²) in [6, 6.07) is 0. The number of alkyl halides is 3. The van der Waals surface area contributed by atoms with Gasteiger partial charge in [-0.05, 0) is 0 Å². The number of hydrogen-bond donors (Lipinski definition) is 0. The van der Waals surface area contributed by atoms with E-state index in [0.29, 0.717) is 0 Å². The largest absolute Gasteiger partial charge is 0.297 e. The lowest BCUT2D eigenvalue weighted by molar-refractivity contribution is -0.386. The van der Waals surface area contributed by atoms with Crippen molar-refractivity contribution in [2.24, 2.45) is 0 Å². The second-order valence-electron chi connectivity index (χ2n) is 2.51. The molecule has 0 atom stereocenters. The number of rotatable bonds is 3. The average Bonchev–Trinajstić information content (AvgIpc) is 2.16. The van der Waals surface area contributed by atoms with Gasteiger partial charge in [0.1, 0.15) is 11.8 Å². The fraction of sp³-hybridized carbons (Fsp3) is 0.286. The molecule has 8 heteroatoms. The smallest absolute Gasteiger partial charge is 0.258 e. The maximum absolute atomic E-state index is 12.5. The van der Waals surface area contributed by atoms with Gasteiger partial charge in [-0.1, -0.05) is 11.6 Å². The fourth-order valence-corrected chi connectivity index (χ4v) is 1.55. The molecule has 0 spiro atoms. The van der Waals surface area contributed by atoms with Crippen molar-refractivity contribution in [1.82, 2.24) is 4.98 Å². The summed E-state index contributed by atoms with van der Waals surface area (Å²) in [7, 11) is 0. The number of nitrogens with zero attached hydrogens (tertiary/aromatic N) is 2.